The Kier molecular flexibility index (Phi) is 5.72. The smallest absolute Gasteiger partial charge is 0.326 e. The van der Waals surface area contributed by atoms with Gasteiger partial charge in [0.05, 0.1) is 12.6 Å². The van der Waals surface area contributed by atoms with Crippen LogP contribution in [0.15, 0.2) is 46.0 Å². The van der Waals surface area contributed by atoms with Crippen molar-refractivity contribution in [2.75, 3.05) is 6.54 Å². The highest BCUT2D eigenvalue weighted by molar-refractivity contribution is 5.71. The number of quaternary nitrogens is 1. The lowest BCUT2D eigenvalue weighted by Gasteiger charge is -2.29. The molecule has 3 aromatic rings. The summed E-state index contributed by atoms with van der Waals surface area (Å²) in [6.07, 6.45) is 7.81. The van der Waals surface area contributed by atoms with E-state index in [4.69, 9.17) is 4.98 Å². The van der Waals surface area contributed by atoms with Gasteiger partial charge in [-0.15, -0.1) is 0 Å². The molecule has 0 amide bonds. The van der Waals surface area contributed by atoms with Crippen LogP contribution in [0.5, 0.6) is 0 Å². The molecule has 3 heterocycles. The predicted octanol–water partition coefficient (Wildman–Crippen LogP) is 1.10. The van der Waals surface area contributed by atoms with E-state index in [0.29, 0.717) is 23.8 Å². The molecule has 1 saturated heterocycles. The maximum absolute atomic E-state index is 13.0. The van der Waals surface area contributed by atoms with Crippen molar-refractivity contribution in [2.45, 2.75) is 45.3 Å². The second-order valence-corrected chi connectivity index (χ2v) is 8.31. The highest BCUT2D eigenvalue weighted by Gasteiger charge is 2.26. The molecule has 0 saturated carbocycles. The first-order valence-corrected chi connectivity index (χ1v) is 10.7. The van der Waals surface area contributed by atoms with Crippen LogP contribution in [0.1, 0.15) is 37.6 Å². The number of aromatic nitrogens is 4. The fourth-order valence-electron chi connectivity index (χ4n) is 4.40. The molecule has 1 aliphatic heterocycles. The van der Waals surface area contributed by atoms with Gasteiger partial charge in [0.15, 0.2) is 17.0 Å². The molecular weight excluding hydrogens is 378 g/mol. The van der Waals surface area contributed by atoms with Crippen LogP contribution in [-0.4, -0.2) is 31.3 Å². The molecular formula is C23H30N5O2+. The largest absolute Gasteiger partial charge is 0.332 e. The third-order valence-electron chi connectivity index (χ3n) is 6.29. The van der Waals surface area contributed by atoms with Crippen LogP contribution in [0.3, 0.4) is 0 Å². The minimum absolute atomic E-state index is 0.290. The summed E-state index contributed by atoms with van der Waals surface area (Å²) in [6, 6.07) is 10.7. The number of imidazole rings is 1. The minimum atomic E-state index is -0.345. The van der Waals surface area contributed by atoms with E-state index in [9.17, 15) is 9.59 Å². The summed E-state index contributed by atoms with van der Waals surface area (Å²) in [5.41, 5.74) is 1.44. The molecule has 0 bridgehead atoms. The normalized spacial score (nSPS) is 19.7. The first kappa shape index (κ1) is 20.3. The van der Waals surface area contributed by atoms with Crippen LogP contribution in [-0.2, 0) is 27.2 Å². The van der Waals surface area contributed by atoms with E-state index in [0.717, 1.165) is 24.5 Å². The van der Waals surface area contributed by atoms with Crippen molar-refractivity contribution >= 4 is 17.2 Å². The molecule has 1 N–H and O–H groups in total. The van der Waals surface area contributed by atoms with Gasteiger partial charge < -0.3 is 9.47 Å². The molecule has 158 valence electrons. The summed E-state index contributed by atoms with van der Waals surface area (Å²) >= 11 is 0. The summed E-state index contributed by atoms with van der Waals surface area (Å²) in [7, 11) is 3.21. The Labute approximate surface area is 175 Å². The van der Waals surface area contributed by atoms with Crippen LogP contribution in [0.4, 0.5) is 0 Å². The van der Waals surface area contributed by atoms with Gasteiger partial charge >= 0.3 is 5.69 Å². The zero-order valence-electron chi connectivity index (χ0n) is 18.0. The lowest BCUT2D eigenvalue weighted by Crippen LogP contribution is -3.15. The maximum Gasteiger partial charge on any atom is 0.332 e. The minimum Gasteiger partial charge on any atom is -0.326 e. The lowest BCUT2D eigenvalue weighted by atomic mass is 10.0. The van der Waals surface area contributed by atoms with Gasteiger partial charge in [-0.2, -0.15) is 0 Å². The number of benzene rings is 1. The van der Waals surface area contributed by atoms with Gasteiger partial charge in [-0.05, 0) is 31.7 Å². The summed E-state index contributed by atoms with van der Waals surface area (Å²) in [4.78, 5) is 31.7. The zero-order valence-corrected chi connectivity index (χ0v) is 18.0. The second-order valence-electron chi connectivity index (χ2n) is 8.31. The highest BCUT2D eigenvalue weighted by Crippen LogP contribution is 2.13. The first-order valence-electron chi connectivity index (χ1n) is 10.7. The summed E-state index contributed by atoms with van der Waals surface area (Å²) < 4.78 is 4.64. The van der Waals surface area contributed by atoms with Crippen molar-refractivity contribution < 1.29 is 4.90 Å². The van der Waals surface area contributed by atoms with Gasteiger partial charge in [0.2, 0.25) is 0 Å². The quantitative estimate of drug-likeness (QED) is 0.688. The first-order chi connectivity index (χ1) is 14.5. The van der Waals surface area contributed by atoms with Gasteiger partial charge in [-0.3, -0.25) is 13.9 Å². The SMILES string of the molecule is C[C@@H]1CCCC[NH+]1Cc1nc2c(c(=O)n(C)c(=O)n2C)n1C/C=C/c1ccccc1. The van der Waals surface area contributed by atoms with Gasteiger partial charge in [-0.1, -0.05) is 42.5 Å². The number of hydrogen-bond acceptors (Lipinski definition) is 3. The number of rotatable bonds is 5. The number of fused-ring (bicyclic) bond motifs is 1. The van der Waals surface area contributed by atoms with Gasteiger partial charge in [0, 0.05) is 20.6 Å². The zero-order chi connectivity index (χ0) is 21.3. The molecule has 30 heavy (non-hydrogen) atoms. The van der Waals surface area contributed by atoms with E-state index in [1.165, 1.54) is 40.3 Å². The Morgan fingerprint density at radius 1 is 1.13 bits per heavy atom. The second kappa shape index (κ2) is 8.44. The number of allylic oxidation sites excluding steroid dienone is 1. The fraction of sp³-hybridized carbons (Fsp3) is 0.435. The van der Waals surface area contributed by atoms with Crippen LogP contribution < -0.4 is 16.1 Å². The van der Waals surface area contributed by atoms with Crippen molar-refractivity contribution in [3.63, 3.8) is 0 Å². The number of nitrogens with one attached hydrogen (secondary N) is 1. The molecule has 1 aliphatic rings. The maximum atomic E-state index is 13.0. The highest BCUT2D eigenvalue weighted by atomic mass is 16.2. The summed E-state index contributed by atoms with van der Waals surface area (Å²) in [5.74, 6) is 0.866. The average molecular weight is 409 g/mol. The van der Waals surface area contributed by atoms with Gasteiger partial charge in [0.25, 0.3) is 5.56 Å². The molecule has 0 spiro atoms. The third-order valence-corrected chi connectivity index (χ3v) is 6.29. The number of aryl methyl sites for hydroxylation is 1. The molecule has 2 atom stereocenters. The molecule has 0 radical (unpaired) electrons. The van der Waals surface area contributed by atoms with E-state index in [1.54, 1.807) is 7.05 Å². The Hall–Kier alpha value is -2.93. The summed E-state index contributed by atoms with van der Waals surface area (Å²) in [5, 5.41) is 0. The topological polar surface area (TPSA) is 66.3 Å². The monoisotopic (exact) mass is 408 g/mol. The van der Waals surface area contributed by atoms with E-state index < -0.39 is 0 Å². The number of likely N-dealkylation sites (tertiary alicyclic amines) is 1. The molecule has 7 heteroatoms. The van der Waals surface area contributed by atoms with Gasteiger partial charge in [-0.25, -0.2) is 9.78 Å². The number of piperidine rings is 1. The van der Waals surface area contributed by atoms with Crippen molar-refractivity contribution in [1.82, 2.24) is 18.7 Å². The summed E-state index contributed by atoms with van der Waals surface area (Å²) in [6.45, 7) is 4.69. The van der Waals surface area contributed by atoms with Crippen molar-refractivity contribution in [3.05, 3.63) is 68.6 Å². The van der Waals surface area contributed by atoms with Crippen molar-refractivity contribution in [3.8, 4) is 0 Å². The van der Waals surface area contributed by atoms with Crippen LogP contribution in [0, 0.1) is 0 Å². The Balaban J connectivity index is 1.78. The molecule has 1 fully saturated rings. The molecule has 2 aromatic heterocycles. The Morgan fingerprint density at radius 2 is 1.90 bits per heavy atom. The Bertz CT molecular complexity index is 1190. The predicted molar refractivity (Wildman–Crippen MR) is 119 cm³/mol. The van der Waals surface area contributed by atoms with E-state index >= 15 is 0 Å². The van der Waals surface area contributed by atoms with Gasteiger partial charge in [0.1, 0.15) is 6.54 Å². The number of nitrogens with zero attached hydrogens (tertiary/aromatic N) is 4. The lowest BCUT2D eigenvalue weighted by molar-refractivity contribution is -0.942. The Morgan fingerprint density at radius 3 is 2.63 bits per heavy atom. The third kappa shape index (κ3) is 3.77. The molecule has 7 nitrogen and oxygen atoms in total. The molecule has 1 unspecified atom stereocenters. The molecule has 0 aliphatic carbocycles. The van der Waals surface area contributed by atoms with Crippen molar-refractivity contribution in [1.29, 1.82) is 0 Å². The van der Waals surface area contributed by atoms with Crippen LogP contribution >= 0.6 is 0 Å². The van der Waals surface area contributed by atoms with Crippen LogP contribution in [0.25, 0.3) is 17.2 Å². The number of hydrogen-bond donors (Lipinski definition) is 1. The van der Waals surface area contributed by atoms with E-state index in [-0.39, 0.29) is 11.2 Å². The van der Waals surface area contributed by atoms with Crippen LogP contribution in [0.2, 0.25) is 0 Å². The van der Waals surface area contributed by atoms with Crippen molar-refractivity contribution in [2.24, 2.45) is 14.1 Å². The average Bonchev–Trinajstić information content (AvgIpc) is 3.11. The standard InChI is InChI=1S/C23H29N5O2/c1-17-10-7-8-14-27(17)16-19-24-21-20(22(29)26(3)23(30)25(21)2)28(19)15-9-13-18-11-5-4-6-12-18/h4-6,9,11-13,17H,7-8,10,14-16H2,1-3H3/p+1/b13-9+/t17-/m1/s1. The molecule has 4 rings (SSSR count). The fourth-order valence-corrected chi connectivity index (χ4v) is 4.40. The molecule has 1 aromatic carbocycles. The van der Waals surface area contributed by atoms with E-state index in [1.807, 2.05) is 34.9 Å². The van der Waals surface area contributed by atoms with E-state index in [2.05, 4.69) is 19.1 Å².